The molecule has 0 aliphatic rings. The van der Waals surface area contributed by atoms with Gasteiger partial charge >= 0.3 is 0 Å². The highest BCUT2D eigenvalue weighted by Gasteiger charge is 2.11. The molecule has 0 unspecified atom stereocenters. The van der Waals surface area contributed by atoms with Crippen molar-refractivity contribution in [2.75, 3.05) is 0 Å². The van der Waals surface area contributed by atoms with E-state index in [2.05, 4.69) is 29.3 Å². The standard InChI is InChI=1S/C13H16N4OS/c1-9-5-3-4-6-11(9)8-19-13-16-15-10(2)17(13)7-12(14)18/h3-6H,7-8H2,1-2H3,(H2,14,18). The van der Waals surface area contributed by atoms with Crippen LogP contribution in [0.5, 0.6) is 0 Å². The van der Waals surface area contributed by atoms with Gasteiger partial charge in [-0.25, -0.2) is 0 Å². The lowest BCUT2D eigenvalue weighted by atomic mass is 10.1. The van der Waals surface area contributed by atoms with Gasteiger partial charge in [0.1, 0.15) is 12.4 Å². The summed E-state index contributed by atoms with van der Waals surface area (Å²) in [5.41, 5.74) is 7.72. The van der Waals surface area contributed by atoms with Crippen LogP contribution in [0.3, 0.4) is 0 Å². The van der Waals surface area contributed by atoms with Crippen LogP contribution in [0.15, 0.2) is 29.4 Å². The van der Waals surface area contributed by atoms with Crippen molar-refractivity contribution >= 4 is 17.7 Å². The van der Waals surface area contributed by atoms with Crippen LogP contribution in [0.1, 0.15) is 17.0 Å². The van der Waals surface area contributed by atoms with Crippen LogP contribution in [-0.2, 0) is 17.1 Å². The first-order valence-electron chi connectivity index (χ1n) is 5.93. The summed E-state index contributed by atoms with van der Waals surface area (Å²) in [5, 5.41) is 8.79. The first-order valence-corrected chi connectivity index (χ1v) is 6.92. The molecule has 1 amide bonds. The van der Waals surface area contributed by atoms with E-state index in [1.165, 1.54) is 11.1 Å². The van der Waals surface area contributed by atoms with Crippen LogP contribution in [0.2, 0.25) is 0 Å². The Morgan fingerprint density at radius 3 is 2.74 bits per heavy atom. The number of hydrogen-bond acceptors (Lipinski definition) is 4. The van der Waals surface area contributed by atoms with Crippen LogP contribution in [-0.4, -0.2) is 20.7 Å². The Morgan fingerprint density at radius 2 is 2.05 bits per heavy atom. The molecule has 0 saturated heterocycles. The minimum atomic E-state index is -0.388. The van der Waals surface area contributed by atoms with Gasteiger partial charge in [-0.2, -0.15) is 0 Å². The third-order valence-corrected chi connectivity index (χ3v) is 3.85. The largest absolute Gasteiger partial charge is 0.368 e. The lowest BCUT2D eigenvalue weighted by molar-refractivity contribution is -0.118. The quantitative estimate of drug-likeness (QED) is 0.843. The average molecular weight is 276 g/mol. The van der Waals surface area contributed by atoms with Gasteiger partial charge in [-0.15, -0.1) is 10.2 Å². The predicted octanol–water partition coefficient (Wildman–Crippen LogP) is 1.67. The number of thioether (sulfide) groups is 1. The second kappa shape index (κ2) is 5.88. The average Bonchev–Trinajstić information content (AvgIpc) is 2.70. The zero-order valence-electron chi connectivity index (χ0n) is 11.0. The molecule has 5 nitrogen and oxygen atoms in total. The molecule has 0 saturated carbocycles. The molecule has 0 spiro atoms. The Balaban J connectivity index is 2.12. The van der Waals surface area contributed by atoms with Crippen molar-refractivity contribution in [3.8, 4) is 0 Å². The molecule has 0 bridgehead atoms. The number of rotatable bonds is 5. The topological polar surface area (TPSA) is 73.8 Å². The van der Waals surface area contributed by atoms with E-state index in [0.29, 0.717) is 5.82 Å². The number of aromatic nitrogens is 3. The van der Waals surface area contributed by atoms with Crippen molar-refractivity contribution in [2.45, 2.75) is 31.3 Å². The summed E-state index contributed by atoms with van der Waals surface area (Å²) in [4.78, 5) is 11.0. The number of nitrogens with two attached hydrogens (primary N) is 1. The van der Waals surface area contributed by atoms with Gasteiger partial charge in [0, 0.05) is 5.75 Å². The second-order valence-electron chi connectivity index (χ2n) is 4.30. The van der Waals surface area contributed by atoms with Crippen molar-refractivity contribution < 1.29 is 4.79 Å². The molecule has 0 fully saturated rings. The fourth-order valence-corrected chi connectivity index (χ4v) is 2.78. The second-order valence-corrected chi connectivity index (χ2v) is 5.24. The number of hydrogen-bond donors (Lipinski definition) is 1. The molecule has 1 aromatic carbocycles. The summed E-state index contributed by atoms with van der Waals surface area (Å²) in [5.74, 6) is 1.11. The van der Waals surface area contributed by atoms with Crippen molar-refractivity contribution in [3.63, 3.8) is 0 Å². The molecule has 1 heterocycles. The normalized spacial score (nSPS) is 10.6. The van der Waals surface area contributed by atoms with Crippen molar-refractivity contribution in [2.24, 2.45) is 5.73 Å². The van der Waals surface area contributed by atoms with Crippen LogP contribution < -0.4 is 5.73 Å². The Labute approximate surface area is 116 Å². The van der Waals surface area contributed by atoms with Gasteiger partial charge in [-0.05, 0) is 25.0 Å². The van der Waals surface area contributed by atoms with Crippen molar-refractivity contribution in [3.05, 3.63) is 41.2 Å². The molecule has 19 heavy (non-hydrogen) atoms. The number of benzene rings is 1. The van der Waals surface area contributed by atoms with E-state index in [1.54, 1.807) is 16.3 Å². The van der Waals surface area contributed by atoms with E-state index in [-0.39, 0.29) is 12.5 Å². The van der Waals surface area contributed by atoms with Crippen LogP contribution in [0.25, 0.3) is 0 Å². The van der Waals surface area contributed by atoms with Gasteiger partial charge in [-0.1, -0.05) is 36.0 Å². The Kier molecular flexibility index (Phi) is 4.21. The molecule has 0 aliphatic carbocycles. The highest BCUT2D eigenvalue weighted by atomic mass is 32.2. The number of aryl methyl sites for hydroxylation is 2. The number of primary amides is 1. The van der Waals surface area contributed by atoms with E-state index < -0.39 is 0 Å². The third kappa shape index (κ3) is 3.35. The first kappa shape index (κ1) is 13.6. The van der Waals surface area contributed by atoms with E-state index in [9.17, 15) is 4.79 Å². The van der Waals surface area contributed by atoms with E-state index in [4.69, 9.17) is 5.73 Å². The molecule has 1 aromatic heterocycles. The molecule has 6 heteroatoms. The van der Waals surface area contributed by atoms with Crippen LogP contribution in [0.4, 0.5) is 0 Å². The Bertz CT molecular complexity index is 594. The summed E-state index contributed by atoms with van der Waals surface area (Å²) < 4.78 is 1.74. The maximum absolute atomic E-state index is 11.0. The molecule has 2 N–H and O–H groups in total. The van der Waals surface area contributed by atoms with Crippen molar-refractivity contribution in [1.82, 2.24) is 14.8 Å². The van der Waals surface area contributed by atoms with Gasteiger partial charge in [-0.3, -0.25) is 9.36 Å². The molecular weight excluding hydrogens is 260 g/mol. The minimum absolute atomic E-state index is 0.120. The van der Waals surface area contributed by atoms with E-state index in [0.717, 1.165) is 10.9 Å². The number of nitrogens with zero attached hydrogens (tertiary/aromatic N) is 3. The zero-order chi connectivity index (χ0) is 13.8. The van der Waals surface area contributed by atoms with Gasteiger partial charge in [0.25, 0.3) is 0 Å². The lowest BCUT2D eigenvalue weighted by Crippen LogP contribution is -2.20. The van der Waals surface area contributed by atoms with Gasteiger partial charge in [0.05, 0.1) is 0 Å². The number of amides is 1. The third-order valence-electron chi connectivity index (χ3n) is 2.83. The summed E-state index contributed by atoms with van der Waals surface area (Å²) in [6, 6.07) is 8.20. The van der Waals surface area contributed by atoms with E-state index in [1.807, 2.05) is 19.1 Å². The van der Waals surface area contributed by atoms with Crippen LogP contribution in [0, 0.1) is 13.8 Å². The first-order chi connectivity index (χ1) is 9.08. The molecule has 0 aliphatic heterocycles. The van der Waals surface area contributed by atoms with Gasteiger partial charge in [0.15, 0.2) is 5.16 Å². The summed E-state index contributed by atoms with van der Waals surface area (Å²) >= 11 is 1.56. The maximum Gasteiger partial charge on any atom is 0.237 e. The predicted molar refractivity (Wildman–Crippen MR) is 74.7 cm³/mol. The fraction of sp³-hybridized carbons (Fsp3) is 0.308. The van der Waals surface area contributed by atoms with E-state index >= 15 is 0 Å². The lowest BCUT2D eigenvalue weighted by Gasteiger charge is -2.07. The molecular formula is C13H16N4OS. The molecule has 0 radical (unpaired) electrons. The Morgan fingerprint density at radius 1 is 1.32 bits per heavy atom. The summed E-state index contributed by atoms with van der Waals surface area (Å²) in [7, 11) is 0. The monoisotopic (exact) mass is 276 g/mol. The molecule has 2 rings (SSSR count). The van der Waals surface area contributed by atoms with Crippen LogP contribution >= 0.6 is 11.8 Å². The highest BCUT2D eigenvalue weighted by Crippen LogP contribution is 2.23. The number of carbonyl (C=O) groups is 1. The van der Waals surface area contributed by atoms with Gasteiger partial charge in [0.2, 0.25) is 5.91 Å². The van der Waals surface area contributed by atoms with Gasteiger partial charge < -0.3 is 5.73 Å². The highest BCUT2D eigenvalue weighted by molar-refractivity contribution is 7.98. The summed E-state index contributed by atoms with van der Waals surface area (Å²) in [6.07, 6.45) is 0. The smallest absolute Gasteiger partial charge is 0.237 e. The summed E-state index contributed by atoms with van der Waals surface area (Å²) in [6.45, 7) is 4.01. The minimum Gasteiger partial charge on any atom is -0.368 e. The molecule has 2 aromatic rings. The molecule has 0 atom stereocenters. The molecule has 100 valence electrons. The SMILES string of the molecule is Cc1ccccc1CSc1nnc(C)n1CC(N)=O. The Hall–Kier alpha value is -1.82. The van der Waals surface area contributed by atoms with Crippen molar-refractivity contribution in [1.29, 1.82) is 0 Å². The number of carbonyl (C=O) groups excluding carboxylic acids is 1. The zero-order valence-corrected chi connectivity index (χ0v) is 11.8. The fourth-order valence-electron chi connectivity index (χ4n) is 1.72. The maximum atomic E-state index is 11.0.